The Balaban J connectivity index is 1.49. The predicted octanol–water partition coefficient (Wildman–Crippen LogP) is 3.17. The molecule has 1 heterocycles. The highest BCUT2D eigenvalue weighted by Gasteiger charge is 2.16. The van der Waals surface area contributed by atoms with Crippen LogP contribution < -0.4 is 10.1 Å². The zero-order valence-corrected chi connectivity index (χ0v) is 13.0. The number of carbonyl (C=O) groups is 1. The van der Waals surface area contributed by atoms with E-state index in [0.29, 0.717) is 18.7 Å². The van der Waals surface area contributed by atoms with Gasteiger partial charge in [0.2, 0.25) is 0 Å². The Hall–Kier alpha value is -2.33. The highest BCUT2D eigenvalue weighted by molar-refractivity contribution is 5.94. The van der Waals surface area contributed by atoms with Crippen molar-refractivity contribution in [2.75, 3.05) is 13.2 Å². The van der Waals surface area contributed by atoms with Gasteiger partial charge in [-0.3, -0.25) is 4.79 Å². The first kappa shape index (κ1) is 15.6. The number of carbonyl (C=O) groups excluding carboxylic acids is 1. The molecular formula is C19H21NO3. The summed E-state index contributed by atoms with van der Waals surface area (Å²) in [4.78, 5) is 12.1. The van der Waals surface area contributed by atoms with Gasteiger partial charge in [-0.25, -0.2) is 0 Å². The zero-order chi connectivity index (χ0) is 15.9. The van der Waals surface area contributed by atoms with Crippen molar-refractivity contribution in [3.05, 3.63) is 65.7 Å². The Morgan fingerprint density at radius 2 is 1.91 bits per heavy atom. The van der Waals surface area contributed by atoms with Gasteiger partial charge in [0.15, 0.2) is 0 Å². The fraction of sp³-hybridized carbons (Fsp3) is 0.316. The van der Waals surface area contributed by atoms with Crippen LogP contribution in [0.1, 0.15) is 28.8 Å². The van der Waals surface area contributed by atoms with Crippen molar-refractivity contribution >= 4 is 5.91 Å². The number of para-hydroxylation sites is 1. The molecule has 0 saturated carbocycles. The second-order valence-electron chi connectivity index (χ2n) is 5.64. The van der Waals surface area contributed by atoms with Crippen LogP contribution in [0, 0.1) is 0 Å². The van der Waals surface area contributed by atoms with Crippen LogP contribution >= 0.6 is 0 Å². The molecule has 23 heavy (non-hydrogen) atoms. The van der Waals surface area contributed by atoms with Crippen molar-refractivity contribution in [1.82, 2.24) is 5.32 Å². The first-order chi connectivity index (χ1) is 11.3. The first-order valence-corrected chi connectivity index (χ1v) is 7.98. The second-order valence-corrected chi connectivity index (χ2v) is 5.64. The number of ether oxygens (including phenoxy) is 2. The molecule has 4 nitrogen and oxygen atoms in total. The molecule has 2 aromatic rings. The third kappa shape index (κ3) is 4.57. The summed E-state index contributed by atoms with van der Waals surface area (Å²) < 4.78 is 11.2. The average Bonchev–Trinajstić information content (AvgIpc) is 3.13. The summed E-state index contributed by atoms with van der Waals surface area (Å²) >= 11 is 0. The summed E-state index contributed by atoms with van der Waals surface area (Å²) in [6.07, 6.45) is 2.27. The summed E-state index contributed by atoms with van der Waals surface area (Å²) in [6, 6.07) is 17.2. The minimum Gasteiger partial charge on any atom is -0.489 e. The van der Waals surface area contributed by atoms with Gasteiger partial charge in [-0.1, -0.05) is 30.3 Å². The van der Waals surface area contributed by atoms with Gasteiger partial charge in [0.05, 0.1) is 6.10 Å². The quantitative estimate of drug-likeness (QED) is 0.891. The predicted molar refractivity (Wildman–Crippen MR) is 88.5 cm³/mol. The Morgan fingerprint density at radius 1 is 1.13 bits per heavy atom. The highest BCUT2D eigenvalue weighted by Crippen LogP contribution is 2.13. The molecular weight excluding hydrogens is 290 g/mol. The fourth-order valence-corrected chi connectivity index (χ4v) is 2.55. The number of hydrogen-bond acceptors (Lipinski definition) is 3. The number of hydrogen-bond donors (Lipinski definition) is 1. The monoisotopic (exact) mass is 311 g/mol. The molecule has 1 aliphatic heterocycles. The number of amides is 1. The Morgan fingerprint density at radius 3 is 2.61 bits per heavy atom. The fourth-order valence-electron chi connectivity index (χ4n) is 2.55. The Kier molecular flexibility index (Phi) is 5.27. The van der Waals surface area contributed by atoms with Gasteiger partial charge in [-0.15, -0.1) is 0 Å². The van der Waals surface area contributed by atoms with Gasteiger partial charge in [0, 0.05) is 18.7 Å². The van der Waals surface area contributed by atoms with Crippen molar-refractivity contribution in [3.8, 4) is 5.75 Å². The molecule has 1 atom stereocenters. The average molecular weight is 311 g/mol. The Labute approximate surface area is 136 Å². The van der Waals surface area contributed by atoms with Gasteiger partial charge in [-0.05, 0) is 42.7 Å². The van der Waals surface area contributed by atoms with Crippen LogP contribution in [0.25, 0.3) is 0 Å². The van der Waals surface area contributed by atoms with E-state index in [-0.39, 0.29) is 12.0 Å². The van der Waals surface area contributed by atoms with Gasteiger partial charge in [0.25, 0.3) is 5.91 Å². The molecule has 0 bridgehead atoms. The lowest BCUT2D eigenvalue weighted by molar-refractivity contribution is 0.0857. The van der Waals surface area contributed by atoms with Crippen LogP contribution in [-0.4, -0.2) is 25.2 Å². The molecule has 120 valence electrons. The minimum atomic E-state index is -0.0592. The summed E-state index contributed by atoms with van der Waals surface area (Å²) in [5.41, 5.74) is 1.69. The molecule has 1 N–H and O–H groups in total. The summed E-state index contributed by atoms with van der Waals surface area (Å²) in [5, 5.41) is 2.92. The minimum absolute atomic E-state index is 0.0592. The summed E-state index contributed by atoms with van der Waals surface area (Å²) in [7, 11) is 0. The van der Waals surface area contributed by atoms with Crippen LogP contribution in [0.3, 0.4) is 0 Å². The number of nitrogens with one attached hydrogen (secondary N) is 1. The normalized spacial score (nSPS) is 17.0. The number of benzene rings is 2. The lowest BCUT2D eigenvalue weighted by atomic mass is 10.1. The highest BCUT2D eigenvalue weighted by atomic mass is 16.5. The Bertz CT molecular complexity index is 619. The van der Waals surface area contributed by atoms with Crippen LogP contribution in [0.5, 0.6) is 5.75 Å². The smallest absolute Gasteiger partial charge is 0.251 e. The molecule has 1 saturated heterocycles. The molecule has 4 heteroatoms. The van der Waals surface area contributed by atoms with E-state index in [0.717, 1.165) is 30.8 Å². The van der Waals surface area contributed by atoms with Crippen molar-refractivity contribution in [2.45, 2.75) is 25.6 Å². The molecule has 1 aliphatic rings. The maximum atomic E-state index is 12.1. The van der Waals surface area contributed by atoms with Crippen molar-refractivity contribution in [3.63, 3.8) is 0 Å². The van der Waals surface area contributed by atoms with Crippen LogP contribution in [0.15, 0.2) is 54.6 Å². The van der Waals surface area contributed by atoms with E-state index in [1.807, 2.05) is 54.6 Å². The maximum Gasteiger partial charge on any atom is 0.251 e. The lowest BCUT2D eigenvalue weighted by Crippen LogP contribution is -2.31. The molecule has 0 unspecified atom stereocenters. The van der Waals surface area contributed by atoms with Crippen LogP contribution in [-0.2, 0) is 11.3 Å². The maximum absolute atomic E-state index is 12.1. The second kappa shape index (κ2) is 7.79. The first-order valence-electron chi connectivity index (χ1n) is 7.98. The third-order valence-electron chi connectivity index (χ3n) is 3.88. The molecule has 3 rings (SSSR count). The van der Waals surface area contributed by atoms with Crippen molar-refractivity contribution in [1.29, 1.82) is 0 Å². The molecule has 1 fully saturated rings. The third-order valence-corrected chi connectivity index (χ3v) is 3.88. The van der Waals surface area contributed by atoms with Crippen LogP contribution in [0.4, 0.5) is 0 Å². The van der Waals surface area contributed by atoms with Crippen molar-refractivity contribution in [2.24, 2.45) is 0 Å². The summed E-state index contributed by atoms with van der Waals surface area (Å²) in [6.45, 7) is 1.87. The molecule has 0 aliphatic carbocycles. The summed E-state index contributed by atoms with van der Waals surface area (Å²) in [5.74, 6) is 0.780. The van der Waals surface area contributed by atoms with E-state index in [1.54, 1.807) is 0 Å². The van der Waals surface area contributed by atoms with E-state index in [4.69, 9.17) is 9.47 Å². The zero-order valence-electron chi connectivity index (χ0n) is 13.0. The van der Waals surface area contributed by atoms with E-state index in [9.17, 15) is 4.79 Å². The van der Waals surface area contributed by atoms with Crippen molar-refractivity contribution < 1.29 is 14.3 Å². The topological polar surface area (TPSA) is 47.6 Å². The standard InChI is InChI=1S/C19H21NO3/c21-19(20-13-18-7-4-12-22-18)16-10-8-15(9-11-16)14-23-17-5-2-1-3-6-17/h1-3,5-6,8-11,18H,4,7,12-14H2,(H,20,21)/t18-/m1/s1. The molecule has 0 radical (unpaired) electrons. The molecule has 2 aromatic carbocycles. The lowest BCUT2D eigenvalue weighted by Gasteiger charge is -2.11. The van der Waals surface area contributed by atoms with Gasteiger partial charge < -0.3 is 14.8 Å². The van der Waals surface area contributed by atoms with E-state index >= 15 is 0 Å². The molecule has 0 spiro atoms. The largest absolute Gasteiger partial charge is 0.489 e. The van der Waals surface area contributed by atoms with E-state index in [2.05, 4.69) is 5.32 Å². The molecule has 0 aromatic heterocycles. The van der Waals surface area contributed by atoms with Crippen LogP contribution in [0.2, 0.25) is 0 Å². The van der Waals surface area contributed by atoms with Gasteiger partial charge in [-0.2, -0.15) is 0 Å². The molecule has 1 amide bonds. The van der Waals surface area contributed by atoms with Gasteiger partial charge >= 0.3 is 0 Å². The van der Waals surface area contributed by atoms with E-state index in [1.165, 1.54) is 0 Å². The van der Waals surface area contributed by atoms with E-state index < -0.39 is 0 Å². The SMILES string of the molecule is O=C(NC[C@H]1CCCO1)c1ccc(COc2ccccc2)cc1. The number of rotatable bonds is 6. The van der Waals surface area contributed by atoms with Gasteiger partial charge in [0.1, 0.15) is 12.4 Å².